The highest BCUT2D eigenvalue weighted by Gasteiger charge is 2.28. The molecule has 1 aliphatic heterocycles. The summed E-state index contributed by atoms with van der Waals surface area (Å²) in [5.41, 5.74) is 11.5. The second-order valence-electron chi connectivity index (χ2n) is 12.5. The third-order valence-corrected chi connectivity index (χ3v) is 9.72. The molecule has 0 saturated heterocycles. The Bertz CT molecular complexity index is 2700. The Morgan fingerprint density at radius 3 is 1.96 bits per heavy atom. The Morgan fingerprint density at radius 2 is 1.14 bits per heavy atom. The van der Waals surface area contributed by atoms with E-state index in [1.165, 1.54) is 16.5 Å². The Balaban J connectivity index is 1.12. The Morgan fingerprint density at radius 1 is 0.469 bits per heavy atom. The minimum absolute atomic E-state index is 0.628. The summed E-state index contributed by atoms with van der Waals surface area (Å²) in [6.45, 7) is 0.628. The summed E-state index contributed by atoms with van der Waals surface area (Å²) in [5, 5.41) is 9.18. The van der Waals surface area contributed by atoms with E-state index in [0.29, 0.717) is 6.54 Å². The number of anilines is 2. The van der Waals surface area contributed by atoms with Crippen molar-refractivity contribution in [2.75, 3.05) is 4.90 Å². The van der Waals surface area contributed by atoms with E-state index in [4.69, 9.17) is 8.83 Å². The maximum absolute atomic E-state index is 6.64. The number of nitrogens with zero attached hydrogens (tertiary/aromatic N) is 1. The molecule has 4 nitrogen and oxygen atoms in total. The topological polar surface area (TPSA) is 41.6 Å². The lowest BCUT2D eigenvalue weighted by Crippen LogP contribution is -2.22. The van der Waals surface area contributed by atoms with E-state index in [9.17, 15) is 0 Å². The predicted octanol–water partition coefficient (Wildman–Crippen LogP) is 12.1. The van der Waals surface area contributed by atoms with Gasteiger partial charge in [0.25, 0.3) is 0 Å². The van der Waals surface area contributed by atoms with Gasteiger partial charge in [0.2, 0.25) is 0 Å². The number of hydrogen-bond acceptors (Lipinski definition) is 4. The molecule has 0 aliphatic carbocycles. The van der Waals surface area contributed by atoms with Crippen molar-refractivity contribution in [1.29, 1.82) is 0 Å². The number of rotatable bonds is 5. The third-order valence-electron chi connectivity index (χ3n) is 9.72. The van der Waals surface area contributed by atoms with Crippen LogP contribution in [0.1, 0.15) is 11.3 Å². The minimum atomic E-state index is 0.628. The van der Waals surface area contributed by atoms with Crippen LogP contribution in [0.15, 0.2) is 173 Å². The molecule has 49 heavy (non-hydrogen) atoms. The molecule has 232 valence electrons. The van der Waals surface area contributed by atoms with E-state index < -0.39 is 0 Å². The molecule has 0 radical (unpaired) electrons. The number of nitrogens with one attached hydrogen (secondary N) is 1. The first-order valence-corrected chi connectivity index (χ1v) is 16.6. The highest BCUT2D eigenvalue weighted by Crippen LogP contribution is 2.44. The standard InChI is InChI=1S/C45H30N2O2/c1-2-9-29(10-3-1)30-17-22-33(23-18-30)47(40-27-46-28-42-43(40)39-26-21-31-11-4-5-12-35(31)45(39)49-42)34-24-19-32(20-25-34)36-14-8-15-38-37-13-6-7-16-41(37)48-44(36)38/h1-27,46H,28H2. The normalized spacial score (nSPS) is 12.7. The van der Waals surface area contributed by atoms with Gasteiger partial charge in [-0.2, -0.15) is 0 Å². The van der Waals surface area contributed by atoms with E-state index >= 15 is 0 Å². The molecule has 0 amide bonds. The number of hydrogen-bond donors (Lipinski definition) is 1. The molecule has 0 unspecified atom stereocenters. The summed E-state index contributed by atoms with van der Waals surface area (Å²) in [4.78, 5) is 2.33. The SMILES string of the molecule is C1=C(N(c2ccc(-c3ccccc3)cc2)c2ccc(-c3cccc4c3oc3ccccc34)cc2)c2c(oc3c2ccc2ccccc23)CN1. The first-order valence-electron chi connectivity index (χ1n) is 16.6. The maximum atomic E-state index is 6.64. The second kappa shape index (κ2) is 11.0. The molecule has 0 atom stereocenters. The van der Waals surface area contributed by atoms with Crippen molar-refractivity contribution in [3.05, 3.63) is 175 Å². The molecule has 9 aromatic rings. The van der Waals surface area contributed by atoms with Crippen molar-refractivity contribution in [3.63, 3.8) is 0 Å². The Hall–Kier alpha value is -6.52. The highest BCUT2D eigenvalue weighted by molar-refractivity contribution is 6.11. The predicted molar refractivity (Wildman–Crippen MR) is 202 cm³/mol. The van der Waals surface area contributed by atoms with Gasteiger partial charge in [0, 0.05) is 44.7 Å². The van der Waals surface area contributed by atoms with E-state index in [0.717, 1.165) is 77.8 Å². The molecule has 1 N–H and O–H groups in total. The molecule has 7 aromatic carbocycles. The molecular formula is C45H30N2O2. The van der Waals surface area contributed by atoms with Crippen LogP contribution in [-0.4, -0.2) is 0 Å². The smallest absolute Gasteiger partial charge is 0.143 e. The summed E-state index contributed by atoms with van der Waals surface area (Å²) in [6.07, 6.45) is 2.13. The van der Waals surface area contributed by atoms with Crippen molar-refractivity contribution in [2.24, 2.45) is 0 Å². The Labute approximate surface area is 283 Å². The van der Waals surface area contributed by atoms with Crippen LogP contribution >= 0.6 is 0 Å². The van der Waals surface area contributed by atoms with Gasteiger partial charge in [-0.3, -0.25) is 0 Å². The number of fused-ring (bicyclic) bond motifs is 8. The van der Waals surface area contributed by atoms with Gasteiger partial charge < -0.3 is 19.1 Å². The van der Waals surface area contributed by atoms with E-state index in [1.54, 1.807) is 0 Å². The van der Waals surface area contributed by atoms with Crippen LogP contribution in [0.3, 0.4) is 0 Å². The van der Waals surface area contributed by atoms with Gasteiger partial charge in [0.1, 0.15) is 22.5 Å². The number of benzene rings is 7. The van der Waals surface area contributed by atoms with E-state index in [1.807, 2.05) is 12.1 Å². The number of para-hydroxylation sites is 2. The van der Waals surface area contributed by atoms with Crippen molar-refractivity contribution in [2.45, 2.75) is 6.54 Å². The van der Waals surface area contributed by atoms with Crippen LogP contribution in [0.5, 0.6) is 0 Å². The molecule has 0 fully saturated rings. The molecular weight excluding hydrogens is 601 g/mol. The average molecular weight is 631 g/mol. The first-order chi connectivity index (χ1) is 24.3. The maximum Gasteiger partial charge on any atom is 0.143 e. The zero-order valence-electron chi connectivity index (χ0n) is 26.6. The largest absolute Gasteiger partial charge is 0.458 e. The molecule has 0 bridgehead atoms. The molecule has 10 rings (SSSR count). The Kier molecular flexibility index (Phi) is 6.21. The fraction of sp³-hybridized carbons (Fsp3) is 0.0222. The van der Waals surface area contributed by atoms with Crippen molar-refractivity contribution >= 4 is 60.8 Å². The zero-order valence-corrected chi connectivity index (χ0v) is 26.6. The average Bonchev–Trinajstić information content (AvgIpc) is 3.75. The lowest BCUT2D eigenvalue weighted by atomic mass is 9.99. The monoisotopic (exact) mass is 630 g/mol. The van der Waals surface area contributed by atoms with Gasteiger partial charge in [-0.1, -0.05) is 121 Å². The van der Waals surface area contributed by atoms with Gasteiger partial charge >= 0.3 is 0 Å². The van der Waals surface area contributed by atoms with Crippen LogP contribution < -0.4 is 10.2 Å². The van der Waals surface area contributed by atoms with Crippen LogP contribution in [-0.2, 0) is 6.54 Å². The third kappa shape index (κ3) is 4.45. The molecule has 0 spiro atoms. The van der Waals surface area contributed by atoms with Crippen molar-refractivity contribution < 1.29 is 8.83 Å². The van der Waals surface area contributed by atoms with Crippen molar-refractivity contribution in [3.8, 4) is 22.3 Å². The lowest BCUT2D eigenvalue weighted by Gasteiger charge is -2.30. The van der Waals surface area contributed by atoms with Crippen LogP contribution in [0.4, 0.5) is 11.4 Å². The van der Waals surface area contributed by atoms with Gasteiger partial charge in [0.05, 0.1) is 17.8 Å². The molecule has 4 heteroatoms. The fourth-order valence-electron chi connectivity index (χ4n) is 7.39. The fourth-order valence-corrected chi connectivity index (χ4v) is 7.39. The van der Waals surface area contributed by atoms with Gasteiger partial charge in [-0.05, 0) is 58.5 Å². The van der Waals surface area contributed by atoms with Gasteiger partial charge in [-0.25, -0.2) is 0 Å². The molecule has 0 saturated carbocycles. The summed E-state index contributed by atoms with van der Waals surface area (Å²) in [5.74, 6) is 0.933. The summed E-state index contributed by atoms with van der Waals surface area (Å²) < 4.78 is 13.0. The van der Waals surface area contributed by atoms with Gasteiger partial charge in [-0.15, -0.1) is 0 Å². The number of furan rings is 2. The van der Waals surface area contributed by atoms with E-state index in [2.05, 4.69) is 162 Å². The zero-order chi connectivity index (χ0) is 32.3. The van der Waals surface area contributed by atoms with Crippen molar-refractivity contribution in [1.82, 2.24) is 5.32 Å². The van der Waals surface area contributed by atoms with Crippen LogP contribution in [0.25, 0.3) is 71.6 Å². The second-order valence-corrected chi connectivity index (χ2v) is 12.5. The van der Waals surface area contributed by atoms with Crippen LogP contribution in [0, 0.1) is 0 Å². The summed E-state index contributed by atoms with van der Waals surface area (Å²) in [7, 11) is 0. The van der Waals surface area contributed by atoms with Crippen LogP contribution in [0.2, 0.25) is 0 Å². The first kappa shape index (κ1) is 27.6. The summed E-state index contributed by atoms with van der Waals surface area (Å²) >= 11 is 0. The molecule has 2 aromatic heterocycles. The molecule has 3 heterocycles. The highest BCUT2D eigenvalue weighted by atomic mass is 16.3. The lowest BCUT2D eigenvalue weighted by molar-refractivity contribution is 0.533. The summed E-state index contributed by atoms with van der Waals surface area (Å²) in [6, 6.07) is 55.6. The van der Waals surface area contributed by atoms with Gasteiger partial charge in [0.15, 0.2) is 0 Å². The minimum Gasteiger partial charge on any atom is -0.458 e. The van der Waals surface area contributed by atoms with E-state index in [-0.39, 0.29) is 0 Å². The molecule has 1 aliphatic rings. The quantitative estimate of drug-likeness (QED) is 0.205.